The molecule has 5 nitrogen and oxygen atoms in total. The van der Waals surface area contributed by atoms with Crippen LogP contribution in [0.5, 0.6) is 5.75 Å². The second-order valence-corrected chi connectivity index (χ2v) is 7.18. The van der Waals surface area contributed by atoms with Crippen LogP contribution in [0.15, 0.2) is 24.3 Å². The second-order valence-electron chi connectivity index (χ2n) is 7.18. The first-order chi connectivity index (χ1) is 11.6. The monoisotopic (exact) mass is 327 g/mol. The van der Waals surface area contributed by atoms with E-state index in [1.807, 2.05) is 17.0 Å². The van der Waals surface area contributed by atoms with Gasteiger partial charge in [-0.3, -0.25) is 4.79 Å². The van der Waals surface area contributed by atoms with Crippen LogP contribution in [0.2, 0.25) is 0 Å². The van der Waals surface area contributed by atoms with E-state index in [0.717, 1.165) is 31.4 Å². The fraction of sp³-hybridized carbons (Fsp3) is 0.579. The summed E-state index contributed by atoms with van der Waals surface area (Å²) < 4.78 is 5.68. The minimum absolute atomic E-state index is 0.0702. The van der Waals surface area contributed by atoms with Crippen LogP contribution in [0.1, 0.15) is 49.9 Å². The van der Waals surface area contributed by atoms with Crippen LogP contribution in [0.25, 0.3) is 0 Å². The lowest BCUT2D eigenvalue weighted by molar-refractivity contribution is 0.0928. The van der Waals surface area contributed by atoms with Gasteiger partial charge in [-0.2, -0.15) is 5.26 Å². The zero-order valence-corrected chi connectivity index (χ0v) is 14.4. The quantitative estimate of drug-likeness (QED) is 0.816. The Morgan fingerprint density at radius 3 is 2.75 bits per heavy atom. The van der Waals surface area contributed by atoms with E-state index < -0.39 is 0 Å². The summed E-state index contributed by atoms with van der Waals surface area (Å²) in [5, 5.41) is 12.3. The molecule has 2 aliphatic rings. The predicted octanol–water partition coefficient (Wildman–Crippen LogP) is 2.93. The summed E-state index contributed by atoms with van der Waals surface area (Å²) in [5.74, 6) is 1.34. The molecule has 1 aromatic rings. The average molecular weight is 327 g/mol. The second kappa shape index (κ2) is 7.12. The molecule has 0 unspecified atom stereocenters. The molecule has 1 amide bonds. The highest BCUT2D eigenvalue weighted by atomic mass is 16.5. The Bertz CT molecular complexity index is 620. The van der Waals surface area contributed by atoms with Gasteiger partial charge < -0.3 is 15.0 Å². The third kappa shape index (κ3) is 3.48. The van der Waals surface area contributed by atoms with Crippen LogP contribution >= 0.6 is 0 Å². The van der Waals surface area contributed by atoms with Crippen LogP contribution in [0.4, 0.5) is 0 Å². The first kappa shape index (κ1) is 16.6. The van der Waals surface area contributed by atoms with Gasteiger partial charge in [-0.1, -0.05) is 13.8 Å². The minimum atomic E-state index is -0.0702. The Morgan fingerprint density at radius 2 is 2.12 bits per heavy atom. The Balaban J connectivity index is 1.53. The molecule has 128 valence electrons. The highest BCUT2D eigenvalue weighted by Crippen LogP contribution is 2.37. The average Bonchev–Trinajstić information content (AvgIpc) is 3.11. The lowest BCUT2D eigenvalue weighted by atomic mass is 9.95. The van der Waals surface area contributed by atoms with Crippen molar-refractivity contribution >= 4 is 5.91 Å². The van der Waals surface area contributed by atoms with Crippen molar-refractivity contribution < 1.29 is 9.53 Å². The maximum atomic E-state index is 12.4. The lowest BCUT2D eigenvalue weighted by Gasteiger charge is -2.21. The number of carbonyl (C=O) groups is 1. The molecule has 2 saturated heterocycles. The van der Waals surface area contributed by atoms with Crippen LogP contribution in [0, 0.1) is 17.4 Å². The van der Waals surface area contributed by atoms with Crippen molar-refractivity contribution in [3.05, 3.63) is 29.8 Å². The summed E-state index contributed by atoms with van der Waals surface area (Å²) in [6.07, 6.45) is 6.21. The van der Waals surface area contributed by atoms with Gasteiger partial charge >= 0.3 is 0 Å². The molecule has 2 fully saturated rings. The Hall–Kier alpha value is -2.22. The third-order valence-electron chi connectivity index (χ3n) is 5.05. The summed E-state index contributed by atoms with van der Waals surface area (Å²) >= 11 is 0. The van der Waals surface area contributed by atoms with E-state index in [-0.39, 0.29) is 18.0 Å². The van der Waals surface area contributed by atoms with E-state index >= 15 is 0 Å². The van der Waals surface area contributed by atoms with Crippen molar-refractivity contribution in [2.45, 2.75) is 57.7 Å². The molecule has 2 aliphatic heterocycles. The van der Waals surface area contributed by atoms with E-state index in [4.69, 9.17) is 4.74 Å². The van der Waals surface area contributed by atoms with Crippen molar-refractivity contribution in [3.8, 4) is 11.9 Å². The molecule has 5 heteroatoms. The van der Waals surface area contributed by atoms with E-state index in [2.05, 4.69) is 25.4 Å². The molecule has 3 rings (SSSR count). The Labute approximate surface area is 143 Å². The number of amides is 1. The molecule has 1 aromatic carbocycles. The molecular formula is C19H25N3O2. The fourth-order valence-corrected chi connectivity index (χ4v) is 3.67. The molecule has 0 spiro atoms. The molecular weight excluding hydrogens is 302 g/mol. The summed E-state index contributed by atoms with van der Waals surface area (Å²) in [7, 11) is 0. The summed E-state index contributed by atoms with van der Waals surface area (Å²) in [5.41, 5.74) is 0.637. The van der Waals surface area contributed by atoms with Gasteiger partial charge in [-0.25, -0.2) is 0 Å². The van der Waals surface area contributed by atoms with Crippen molar-refractivity contribution in [1.82, 2.24) is 10.2 Å². The normalized spacial score (nSPS) is 24.9. The van der Waals surface area contributed by atoms with Gasteiger partial charge in [-0.05, 0) is 55.9 Å². The number of rotatable bonds is 6. The Morgan fingerprint density at radius 1 is 1.38 bits per heavy atom. The number of ether oxygens (including phenoxy) is 1. The van der Waals surface area contributed by atoms with Crippen LogP contribution in [-0.2, 0) is 0 Å². The standard InChI is InChI=1S/C19H25N3O2/c1-13(2)9-10-24-16-6-3-14(4-7-16)19(23)21-17-11-15-5-8-18(17)22(15)12-20/h3-4,6-7,13,15,17-18H,5,8-11H2,1-2H3,(H,21,23)/t15-,17+,18+/m0/s1. The smallest absolute Gasteiger partial charge is 0.251 e. The number of nitrogens with one attached hydrogen (secondary N) is 1. The van der Waals surface area contributed by atoms with Gasteiger partial charge in [0.25, 0.3) is 5.91 Å². The van der Waals surface area contributed by atoms with E-state index in [1.54, 1.807) is 12.1 Å². The molecule has 2 heterocycles. The molecule has 0 radical (unpaired) electrons. The Kier molecular flexibility index (Phi) is 4.94. The molecule has 24 heavy (non-hydrogen) atoms. The summed E-state index contributed by atoms with van der Waals surface area (Å²) in [6.45, 7) is 5.03. The van der Waals surface area contributed by atoms with Crippen molar-refractivity contribution in [3.63, 3.8) is 0 Å². The topological polar surface area (TPSA) is 65.4 Å². The molecule has 2 bridgehead atoms. The highest BCUT2D eigenvalue weighted by Gasteiger charge is 2.46. The number of nitriles is 1. The molecule has 0 aliphatic carbocycles. The number of nitrogens with zero attached hydrogens (tertiary/aromatic N) is 2. The van der Waals surface area contributed by atoms with Gasteiger partial charge in [0.05, 0.1) is 18.7 Å². The maximum absolute atomic E-state index is 12.4. The minimum Gasteiger partial charge on any atom is -0.494 e. The van der Waals surface area contributed by atoms with Gasteiger partial charge in [0.2, 0.25) is 0 Å². The van der Waals surface area contributed by atoms with Gasteiger partial charge in [0, 0.05) is 11.6 Å². The number of fused-ring (bicyclic) bond motifs is 2. The summed E-state index contributed by atoms with van der Waals surface area (Å²) in [4.78, 5) is 14.3. The largest absolute Gasteiger partial charge is 0.494 e. The highest BCUT2D eigenvalue weighted by molar-refractivity contribution is 5.94. The number of benzene rings is 1. The maximum Gasteiger partial charge on any atom is 0.251 e. The van der Waals surface area contributed by atoms with Crippen LogP contribution < -0.4 is 10.1 Å². The SMILES string of the molecule is CC(C)CCOc1ccc(C(=O)N[C@@H]2C[C@@H]3CC[C@H]2N3C#N)cc1. The summed E-state index contributed by atoms with van der Waals surface area (Å²) in [6, 6.07) is 7.85. The first-order valence-electron chi connectivity index (χ1n) is 8.80. The number of carbonyl (C=O) groups excluding carboxylic acids is 1. The molecule has 1 N–H and O–H groups in total. The lowest BCUT2D eigenvalue weighted by Crippen LogP contribution is -2.43. The van der Waals surface area contributed by atoms with Gasteiger partial charge in [-0.15, -0.1) is 0 Å². The van der Waals surface area contributed by atoms with E-state index in [0.29, 0.717) is 24.1 Å². The van der Waals surface area contributed by atoms with Crippen molar-refractivity contribution in [2.24, 2.45) is 5.92 Å². The van der Waals surface area contributed by atoms with Gasteiger partial charge in [0.15, 0.2) is 6.19 Å². The van der Waals surface area contributed by atoms with Crippen LogP contribution in [-0.4, -0.2) is 35.5 Å². The van der Waals surface area contributed by atoms with E-state index in [9.17, 15) is 10.1 Å². The zero-order valence-electron chi connectivity index (χ0n) is 14.4. The number of hydrogen-bond donors (Lipinski definition) is 1. The van der Waals surface area contributed by atoms with E-state index in [1.165, 1.54) is 0 Å². The first-order valence-corrected chi connectivity index (χ1v) is 8.80. The van der Waals surface area contributed by atoms with Crippen molar-refractivity contribution in [2.75, 3.05) is 6.61 Å². The third-order valence-corrected chi connectivity index (χ3v) is 5.05. The zero-order chi connectivity index (χ0) is 17.1. The van der Waals surface area contributed by atoms with Gasteiger partial charge in [0.1, 0.15) is 5.75 Å². The molecule has 0 aromatic heterocycles. The molecule has 0 saturated carbocycles. The predicted molar refractivity (Wildman–Crippen MR) is 91.5 cm³/mol. The molecule has 3 atom stereocenters. The fourth-order valence-electron chi connectivity index (χ4n) is 3.67. The van der Waals surface area contributed by atoms with Crippen LogP contribution in [0.3, 0.4) is 0 Å². The van der Waals surface area contributed by atoms with Crippen molar-refractivity contribution in [1.29, 1.82) is 5.26 Å². The number of hydrogen-bond acceptors (Lipinski definition) is 4.